The number of ether oxygens (including phenoxy) is 1. The minimum absolute atomic E-state index is 0.251. The summed E-state index contributed by atoms with van der Waals surface area (Å²) in [4.78, 5) is 8.54. The lowest BCUT2D eigenvalue weighted by Crippen LogP contribution is -2.55. The van der Waals surface area contributed by atoms with Gasteiger partial charge in [0.1, 0.15) is 6.42 Å². The van der Waals surface area contributed by atoms with Crippen LogP contribution in [0.5, 0.6) is 0 Å². The maximum atomic E-state index is 12.3. The third-order valence-electron chi connectivity index (χ3n) is 4.71. The number of alkyl halides is 3. The van der Waals surface area contributed by atoms with Crippen molar-refractivity contribution in [2.24, 2.45) is 0 Å². The SMILES string of the molecule is C[C@H]1CN(C2CCOCC2)CCN1Cc1nc(CC(F)(F)F)no1. The molecule has 2 fully saturated rings. The molecule has 0 bridgehead atoms. The van der Waals surface area contributed by atoms with Crippen LogP contribution in [0.3, 0.4) is 0 Å². The van der Waals surface area contributed by atoms with Crippen molar-refractivity contribution >= 4 is 0 Å². The van der Waals surface area contributed by atoms with Crippen molar-refractivity contribution < 1.29 is 22.4 Å². The molecule has 136 valence electrons. The van der Waals surface area contributed by atoms with Gasteiger partial charge in [0.15, 0.2) is 5.82 Å². The lowest BCUT2D eigenvalue weighted by molar-refractivity contribution is -0.128. The van der Waals surface area contributed by atoms with E-state index >= 15 is 0 Å². The highest BCUT2D eigenvalue weighted by Gasteiger charge is 2.32. The molecule has 3 rings (SSSR count). The number of piperazine rings is 1. The number of nitrogens with zero attached hydrogens (tertiary/aromatic N) is 4. The molecular formula is C15H23F3N4O2. The summed E-state index contributed by atoms with van der Waals surface area (Å²) in [5, 5.41) is 3.42. The smallest absolute Gasteiger partial charge is 0.381 e. The molecule has 2 saturated heterocycles. The van der Waals surface area contributed by atoms with E-state index in [1.165, 1.54) is 0 Å². The van der Waals surface area contributed by atoms with E-state index in [9.17, 15) is 13.2 Å². The minimum atomic E-state index is -4.32. The zero-order valence-electron chi connectivity index (χ0n) is 13.8. The average Bonchev–Trinajstić information content (AvgIpc) is 2.95. The third kappa shape index (κ3) is 4.67. The standard InChI is InChI=1S/C15H23F3N4O2/c1-11-9-22(12-2-6-23-7-3-12)5-4-21(11)10-14-19-13(20-24-14)8-15(16,17)18/h11-12H,2-10H2,1H3/t11-/m0/s1. The van der Waals surface area contributed by atoms with Gasteiger partial charge in [0, 0.05) is 44.9 Å². The van der Waals surface area contributed by atoms with Gasteiger partial charge in [-0.05, 0) is 19.8 Å². The molecule has 9 heteroatoms. The Morgan fingerprint density at radius 3 is 2.62 bits per heavy atom. The number of rotatable bonds is 4. The number of hydrogen-bond donors (Lipinski definition) is 0. The summed E-state index contributed by atoms with van der Waals surface area (Å²) < 4.78 is 47.4. The fourth-order valence-electron chi connectivity index (χ4n) is 3.42. The largest absolute Gasteiger partial charge is 0.396 e. The van der Waals surface area contributed by atoms with Crippen LogP contribution in [-0.4, -0.2) is 71.0 Å². The van der Waals surface area contributed by atoms with Crippen LogP contribution in [0.25, 0.3) is 0 Å². The highest BCUT2D eigenvalue weighted by Crippen LogP contribution is 2.22. The van der Waals surface area contributed by atoms with Crippen molar-refractivity contribution in [1.29, 1.82) is 0 Å². The van der Waals surface area contributed by atoms with Crippen LogP contribution in [0.4, 0.5) is 13.2 Å². The Labute approximate surface area is 138 Å². The zero-order valence-corrected chi connectivity index (χ0v) is 13.8. The van der Waals surface area contributed by atoms with Crippen molar-refractivity contribution in [2.45, 2.75) is 51.0 Å². The molecule has 1 atom stereocenters. The van der Waals surface area contributed by atoms with Gasteiger partial charge in [0.2, 0.25) is 5.89 Å². The van der Waals surface area contributed by atoms with Crippen molar-refractivity contribution in [1.82, 2.24) is 19.9 Å². The Hall–Kier alpha value is -1.19. The first-order valence-electron chi connectivity index (χ1n) is 8.35. The molecule has 2 aliphatic rings. The van der Waals surface area contributed by atoms with Crippen LogP contribution < -0.4 is 0 Å². The van der Waals surface area contributed by atoms with Gasteiger partial charge >= 0.3 is 6.18 Å². The molecule has 2 aliphatic heterocycles. The highest BCUT2D eigenvalue weighted by atomic mass is 19.4. The van der Waals surface area contributed by atoms with E-state index in [1.54, 1.807) is 0 Å². The highest BCUT2D eigenvalue weighted by molar-refractivity contribution is 4.91. The van der Waals surface area contributed by atoms with Gasteiger partial charge in [-0.1, -0.05) is 5.16 Å². The van der Waals surface area contributed by atoms with E-state index in [4.69, 9.17) is 9.26 Å². The summed E-state index contributed by atoms with van der Waals surface area (Å²) in [5.41, 5.74) is 0. The fourth-order valence-corrected chi connectivity index (χ4v) is 3.42. The zero-order chi connectivity index (χ0) is 17.2. The van der Waals surface area contributed by atoms with Gasteiger partial charge in [-0.15, -0.1) is 0 Å². The van der Waals surface area contributed by atoms with E-state index in [1.807, 2.05) is 0 Å². The summed E-state index contributed by atoms with van der Waals surface area (Å²) in [6, 6.07) is 0.865. The molecule has 1 aromatic heterocycles. The predicted octanol–water partition coefficient (Wildman–Crippen LogP) is 1.86. The Morgan fingerprint density at radius 1 is 1.21 bits per heavy atom. The molecular weight excluding hydrogens is 325 g/mol. The van der Waals surface area contributed by atoms with E-state index in [-0.39, 0.29) is 11.7 Å². The van der Waals surface area contributed by atoms with Gasteiger partial charge in [0.05, 0.1) is 6.54 Å². The molecule has 0 saturated carbocycles. The molecule has 24 heavy (non-hydrogen) atoms. The fraction of sp³-hybridized carbons (Fsp3) is 0.867. The Balaban J connectivity index is 1.51. The lowest BCUT2D eigenvalue weighted by Gasteiger charge is -2.43. The van der Waals surface area contributed by atoms with Crippen LogP contribution in [0.15, 0.2) is 4.52 Å². The first-order chi connectivity index (χ1) is 11.4. The topological polar surface area (TPSA) is 54.6 Å². The molecule has 0 radical (unpaired) electrons. The molecule has 0 unspecified atom stereocenters. The first kappa shape index (κ1) is 17.6. The van der Waals surface area contributed by atoms with Crippen LogP contribution in [0.2, 0.25) is 0 Å². The molecule has 1 aromatic rings. The predicted molar refractivity (Wildman–Crippen MR) is 79.3 cm³/mol. The average molecular weight is 348 g/mol. The van der Waals surface area contributed by atoms with E-state index in [0.717, 1.165) is 45.7 Å². The Bertz CT molecular complexity index is 531. The third-order valence-corrected chi connectivity index (χ3v) is 4.71. The van der Waals surface area contributed by atoms with Gasteiger partial charge in [0.25, 0.3) is 0 Å². The number of aromatic nitrogens is 2. The quantitative estimate of drug-likeness (QED) is 0.828. The van der Waals surface area contributed by atoms with Crippen molar-refractivity contribution in [3.63, 3.8) is 0 Å². The summed E-state index contributed by atoms with van der Waals surface area (Å²) in [5.74, 6) is -0.0494. The summed E-state index contributed by atoms with van der Waals surface area (Å²) in [6.07, 6.45) is -3.33. The van der Waals surface area contributed by atoms with Crippen LogP contribution in [0.1, 0.15) is 31.5 Å². The van der Waals surface area contributed by atoms with Gasteiger partial charge in [-0.3, -0.25) is 9.80 Å². The van der Waals surface area contributed by atoms with Crippen molar-refractivity contribution in [3.05, 3.63) is 11.7 Å². The van der Waals surface area contributed by atoms with E-state index < -0.39 is 12.6 Å². The molecule has 6 nitrogen and oxygen atoms in total. The molecule has 0 spiro atoms. The normalized spacial score (nSPS) is 25.2. The Morgan fingerprint density at radius 2 is 1.96 bits per heavy atom. The minimum Gasteiger partial charge on any atom is -0.381 e. The van der Waals surface area contributed by atoms with Crippen LogP contribution in [0, 0.1) is 0 Å². The second-order valence-corrected chi connectivity index (χ2v) is 6.55. The molecule has 0 amide bonds. The Kier molecular flexibility index (Phi) is 5.41. The summed E-state index contributed by atoms with van der Waals surface area (Å²) in [6.45, 7) is 6.89. The van der Waals surface area contributed by atoms with E-state index in [2.05, 4.69) is 26.9 Å². The molecule has 3 heterocycles. The lowest BCUT2D eigenvalue weighted by atomic mass is 10.0. The van der Waals surface area contributed by atoms with Gasteiger partial charge < -0.3 is 9.26 Å². The second-order valence-electron chi connectivity index (χ2n) is 6.55. The summed E-state index contributed by atoms with van der Waals surface area (Å²) in [7, 11) is 0. The molecule has 0 aromatic carbocycles. The maximum absolute atomic E-state index is 12.3. The van der Waals surface area contributed by atoms with Crippen LogP contribution in [-0.2, 0) is 17.7 Å². The summed E-state index contributed by atoms with van der Waals surface area (Å²) >= 11 is 0. The van der Waals surface area contributed by atoms with Crippen molar-refractivity contribution in [3.8, 4) is 0 Å². The molecule has 0 N–H and O–H groups in total. The number of hydrogen-bond acceptors (Lipinski definition) is 6. The second kappa shape index (κ2) is 7.37. The molecule has 0 aliphatic carbocycles. The monoisotopic (exact) mass is 348 g/mol. The van der Waals surface area contributed by atoms with Gasteiger partial charge in [-0.25, -0.2) is 0 Å². The maximum Gasteiger partial charge on any atom is 0.396 e. The number of halogens is 3. The van der Waals surface area contributed by atoms with Crippen LogP contribution >= 0.6 is 0 Å². The first-order valence-corrected chi connectivity index (χ1v) is 8.35. The van der Waals surface area contributed by atoms with Gasteiger partial charge in [-0.2, -0.15) is 18.2 Å². The van der Waals surface area contributed by atoms with Crippen molar-refractivity contribution in [2.75, 3.05) is 32.8 Å². The van der Waals surface area contributed by atoms with E-state index in [0.29, 0.717) is 18.6 Å².